The molecular weight excluding hydrogens is 120 g/mol. The fourth-order valence-corrected chi connectivity index (χ4v) is 0.471. The minimum absolute atomic E-state index is 0.866. The van der Waals surface area contributed by atoms with E-state index in [1.165, 1.54) is 6.42 Å². The fraction of sp³-hybridized carbons (Fsp3) is 0.800. The zero-order chi connectivity index (χ0) is 8.57. The van der Waals surface area contributed by atoms with Gasteiger partial charge in [0.05, 0.1) is 0 Å². The molecule has 0 spiro atoms. The van der Waals surface area contributed by atoms with Gasteiger partial charge in [-0.25, -0.2) is 0 Å². The lowest BCUT2D eigenvalue weighted by atomic mass is 9.96. The highest BCUT2D eigenvalue weighted by molar-refractivity contribution is 4.52. The van der Waals surface area contributed by atoms with Crippen molar-refractivity contribution in [1.29, 1.82) is 0 Å². The van der Waals surface area contributed by atoms with Gasteiger partial charge >= 0.3 is 0 Å². The van der Waals surface area contributed by atoms with Crippen molar-refractivity contribution in [1.82, 2.24) is 0 Å². The second kappa shape index (κ2) is 8.74. The molecule has 0 aliphatic carbocycles. The molecule has 0 radical (unpaired) electrons. The van der Waals surface area contributed by atoms with E-state index in [1.807, 2.05) is 6.92 Å². The van der Waals surface area contributed by atoms with E-state index in [2.05, 4.69) is 34.3 Å². The van der Waals surface area contributed by atoms with E-state index in [1.54, 1.807) is 6.08 Å². The lowest BCUT2D eigenvalue weighted by molar-refractivity contribution is 0.407. The van der Waals surface area contributed by atoms with Gasteiger partial charge in [0, 0.05) is 0 Å². The first-order chi connectivity index (χ1) is 4.59. The van der Waals surface area contributed by atoms with E-state index in [0.717, 1.165) is 11.8 Å². The topological polar surface area (TPSA) is 0 Å². The van der Waals surface area contributed by atoms with Crippen LogP contribution in [0.5, 0.6) is 0 Å². The van der Waals surface area contributed by atoms with Crippen molar-refractivity contribution in [2.24, 2.45) is 11.8 Å². The molecule has 0 rings (SSSR count). The van der Waals surface area contributed by atoms with Crippen molar-refractivity contribution < 1.29 is 0 Å². The van der Waals surface area contributed by atoms with Gasteiger partial charge in [-0.15, -0.1) is 6.58 Å². The molecule has 1 atom stereocenters. The molecule has 0 bridgehead atoms. The molecule has 0 fully saturated rings. The number of allylic oxidation sites excluding steroid dienone is 1. The van der Waals surface area contributed by atoms with Crippen LogP contribution in [-0.4, -0.2) is 0 Å². The third kappa shape index (κ3) is 10.7. The lowest BCUT2D eigenvalue weighted by Gasteiger charge is -2.10. The Balaban J connectivity index is 0. The summed E-state index contributed by atoms with van der Waals surface area (Å²) in [4.78, 5) is 0. The number of rotatable bonds is 2. The smallest absolute Gasteiger partial charge is 0.0422 e. The molecule has 0 aliphatic heterocycles. The largest absolute Gasteiger partial charge is 0.103 e. The van der Waals surface area contributed by atoms with Gasteiger partial charge in [0.25, 0.3) is 0 Å². The van der Waals surface area contributed by atoms with Crippen LogP contribution in [-0.2, 0) is 0 Å². The van der Waals surface area contributed by atoms with E-state index in [0.29, 0.717) is 0 Å². The maximum absolute atomic E-state index is 3.36. The van der Waals surface area contributed by atoms with E-state index < -0.39 is 0 Å². The minimum Gasteiger partial charge on any atom is -0.103 e. The van der Waals surface area contributed by atoms with Crippen LogP contribution >= 0.6 is 0 Å². The molecule has 0 heteroatoms. The average Bonchev–Trinajstić information content (AvgIpc) is 1.88. The zero-order valence-corrected chi connectivity index (χ0v) is 8.15. The van der Waals surface area contributed by atoms with E-state index in [9.17, 15) is 0 Å². The summed E-state index contributed by atoms with van der Waals surface area (Å²) in [7, 11) is 0. The monoisotopic (exact) mass is 142 g/mol. The molecular formula is C10H22. The molecule has 0 aromatic rings. The van der Waals surface area contributed by atoms with Gasteiger partial charge in [0.1, 0.15) is 0 Å². The summed E-state index contributed by atoms with van der Waals surface area (Å²) >= 11 is 0. The summed E-state index contributed by atoms with van der Waals surface area (Å²) in [5, 5.41) is 0. The van der Waals surface area contributed by atoms with Crippen molar-refractivity contribution in [3.05, 3.63) is 12.7 Å². The molecule has 10 heavy (non-hydrogen) atoms. The van der Waals surface area contributed by atoms with Crippen molar-refractivity contribution in [3.63, 3.8) is 0 Å². The van der Waals surface area contributed by atoms with Crippen LogP contribution in [0.15, 0.2) is 12.7 Å². The standard InChI is InChI=1S/C7H16.C3H6/c1-5-7(4)6(2)3;1-3-2/h6-7H,5H2,1-4H3;3H,1H2,2H3. The van der Waals surface area contributed by atoms with Crippen LogP contribution in [0.3, 0.4) is 0 Å². The van der Waals surface area contributed by atoms with Crippen molar-refractivity contribution in [2.75, 3.05) is 0 Å². The van der Waals surface area contributed by atoms with Crippen molar-refractivity contribution >= 4 is 0 Å². The molecule has 62 valence electrons. The molecule has 1 unspecified atom stereocenters. The summed E-state index contributed by atoms with van der Waals surface area (Å²) in [6, 6.07) is 0. The van der Waals surface area contributed by atoms with E-state index in [-0.39, 0.29) is 0 Å². The Labute approximate surface area is 66.3 Å². The normalized spacial score (nSPS) is 11.8. The molecule has 0 aromatic carbocycles. The predicted molar refractivity (Wildman–Crippen MR) is 50.2 cm³/mol. The predicted octanol–water partition coefficient (Wildman–Crippen LogP) is 3.88. The molecule has 0 nitrogen and oxygen atoms in total. The summed E-state index contributed by atoms with van der Waals surface area (Å²) in [5.74, 6) is 1.77. The Morgan fingerprint density at radius 3 is 1.60 bits per heavy atom. The van der Waals surface area contributed by atoms with Crippen LogP contribution in [0.2, 0.25) is 0 Å². The van der Waals surface area contributed by atoms with E-state index in [4.69, 9.17) is 0 Å². The fourth-order valence-electron chi connectivity index (χ4n) is 0.471. The average molecular weight is 142 g/mol. The van der Waals surface area contributed by atoms with Gasteiger partial charge in [0.15, 0.2) is 0 Å². The first kappa shape index (κ1) is 12.4. The lowest BCUT2D eigenvalue weighted by Crippen LogP contribution is -2.00. The van der Waals surface area contributed by atoms with Crippen molar-refractivity contribution in [3.8, 4) is 0 Å². The summed E-state index contributed by atoms with van der Waals surface area (Å²) in [5.41, 5.74) is 0. The van der Waals surface area contributed by atoms with Crippen LogP contribution < -0.4 is 0 Å². The summed E-state index contributed by atoms with van der Waals surface area (Å²) in [6.45, 7) is 14.3. The Hall–Kier alpha value is -0.260. The van der Waals surface area contributed by atoms with Gasteiger partial charge in [-0.3, -0.25) is 0 Å². The molecule has 0 saturated carbocycles. The summed E-state index contributed by atoms with van der Waals surface area (Å²) in [6.07, 6.45) is 3.07. The van der Waals surface area contributed by atoms with Gasteiger partial charge in [0.2, 0.25) is 0 Å². The van der Waals surface area contributed by atoms with Crippen LogP contribution in [0.1, 0.15) is 41.0 Å². The van der Waals surface area contributed by atoms with Crippen LogP contribution in [0.25, 0.3) is 0 Å². The second-order valence-electron chi connectivity index (χ2n) is 3.04. The Bertz CT molecular complexity index is 62.4. The molecule has 0 N–H and O–H groups in total. The SMILES string of the molecule is C=CC.CCC(C)C(C)C. The first-order valence-corrected chi connectivity index (χ1v) is 4.17. The quantitative estimate of drug-likeness (QED) is 0.513. The maximum atomic E-state index is 3.36. The second-order valence-corrected chi connectivity index (χ2v) is 3.04. The van der Waals surface area contributed by atoms with E-state index >= 15 is 0 Å². The van der Waals surface area contributed by atoms with Crippen LogP contribution in [0.4, 0.5) is 0 Å². The van der Waals surface area contributed by atoms with Gasteiger partial charge in [-0.1, -0.05) is 40.2 Å². The zero-order valence-electron chi connectivity index (χ0n) is 8.15. The third-order valence-corrected chi connectivity index (χ3v) is 1.78. The number of hydrogen-bond donors (Lipinski definition) is 0. The van der Waals surface area contributed by atoms with Gasteiger partial charge in [-0.05, 0) is 18.8 Å². The highest BCUT2D eigenvalue weighted by atomic mass is 14.1. The Kier molecular flexibility index (Phi) is 10.9. The maximum Gasteiger partial charge on any atom is -0.0422 e. The molecule has 0 heterocycles. The van der Waals surface area contributed by atoms with Gasteiger partial charge < -0.3 is 0 Å². The van der Waals surface area contributed by atoms with Gasteiger partial charge in [-0.2, -0.15) is 0 Å². The molecule has 0 amide bonds. The minimum atomic E-state index is 0.866. The Morgan fingerprint density at radius 2 is 1.60 bits per heavy atom. The molecule has 0 aromatic heterocycles. The van der Waals surface area contributed by atoms with Crippen LogP contribution in [0, 0.1) is 11.8 Å². The summed E-state index contributed by atoms with van der Waals surface area (Å²) < 4.78 is 0. The number of hydrogen-bond acceptors (Lipinski definition) is 0. The van der Waals surface area contributed by atoms with Crippen molar-refractivity contribution in [2.45, 2.75) is 41.0 Å². The highest BCUT2D eigenvalue weighted by Crippen LogP contribution is 2.11. The third-order valence-electron chi connectivity index (χ3n) is 1.78. The molecule has 0 aliphatic rings. The molecule has 0 saturated heterocycles. The first-order valence-electron chi connectivity index (χ1n) is 4.17. The highest BCUT2D eigenvalue weighted by Gasteiger charge is 2.01. The Morgan fingerprint density at radius 1 is 1.30 bits per heavy atom.